The van der Waals surface area contributed by atoms with Gasteiger partial charge in [-0.05, 0) is 224 Å². The normalized spacial score (nSPS) is 51.7. The third kappa shape index (κ3) is 8.04. The molecule has 60 heavy (non-hydrogen) atoms. The number of thioether (sulfide) groups is 1. The van der Waals surface area contributed by atoms with E-state index in [0.717, 1.165) is 112 Å². The van der Waals surface area contributed by atoms with E-state index in [1.54, 1.807) is 102 Å². The molecule has 8 saturated carbocycles. The smallest absolute Gasteiger partial charge is 0.0798 e. The Bertz CT molecular complexity index is 1460. The van der Waals surface area contributed by atoms with Crippen LogP contribution >= 0.6 is 11.8 Å². The lowest BCUT2D eigenvalue weighted by Crippen LogP contribution is -2.66. The molecule has 336 valence electrons. The van der Waals surface area contributed by atoms with Crippen LogP contribution in [0.25, 0.3) is 0 Å². The summed E-state index contributed by atoms with van der Waals surface area (Å²) < 4.78 is 0. The molecule has 3 heterocycles. The molecular weight excluding hydrogens is 747 g/mol. The molecule has 3 aliphatic heterocycles. The molecule has 3 nitrogen and oxygen atoms in total. The monoisotopic (exact) mass is 838 g/mol. The Morgan fingerprint density at radius 1 is 0.417 bits per heavy atom. The number of nitrogens with zero attached hydrogens (tertiary/aromatic N) is 1. The average molecular weight is 838 g/mol. The van der Waals surface area contributed by atoms with E-state index in [0.29, 0.717) is 6.17 Å². The van der Waals surface area contributed by atoms with E-state index in [2.05, 4.69) is 33.4 Å². The molecule has 0 radical (unpaired) electrons. The minimum Gasteiger partial charge on any atom is -0.295 e. The van der Waals surface area contributed by atoms with Crippen molar-refractivity contribution in [3.63, 3.8) is 0 Å². The van der Waals surface area contributed by atoms with Crippen LogP contribution in [0.2, 0.25) is 0 Å². The van der Waals surface area contributed by atoms with Crippen molar-refractivity contribution in [2.24, 2.45) is 71.0 Å². The first-order valence-electron chi connectivity index (χ1n) is 28.4. The second-order valence-corrected chi connectivity index (χ2v) is 26.5. The maximum absolute atomic E-state index is 4.40. The van der Waals surface area contributed by atoms with Crippen LogP contribution in [0, 0.1) is 71.0 Å². The molecule has 17 atom stereocenters. The summed E-state index contributed by atoms with van der Waals surface area (Å²) in [5.74, 6) is 12.3. The summed E-state index contributed by atoms with van der Waals surface area (Å²) in [5.41, 5.74) is 1.79. The molecule has 3 saturated heterocycles. The maximum atomic E-state index is 4.40. The van der Waals surface area contributed by atoms with Gasteiger partial charge < -0.3 is 0 Å². The summed E-state index contributed by atoms with van der Waals surface area (Å²) in [4.78, 5) is 3.37. The molecule has 9 aliphatic carbocycles. The topological polar surface area (TPSA) is 27.3 Å². The molecule has 0 bridgehead atoms. The van der Waals surface area contributed by atoms with E-state index in [9.17, 15) is 0 Å². The molecule has 2 N–H and O–H groups in total. The van der Waals surface area contributed by atoms with Gasteiger partial charge in [0.15, 0.2) is 0 Å². The molecule has 17 unspecified atom stereocenters. The summed E-state index contributed by atoms with van der Waals surface area (Å²) >= 11 is 2.48. The minimum atomic E-state index is 0.460. The maximum Gasteiger partial charge on any atom is 0.0798 e. The van der Waals surface area contributed by atoms with Crippen LogP contribution in [0.5, 0.6) is 0 Å². The van der Waals surface area contributed by atoms with Gasteiger partial charge in [-0.2, -0.15) is 11.8 Å². The van der Waals surface area contributed by atoms with E-state index in [-0.39, 0.29) is 0 Å². The zero-order chi connectivity index (χ0) is 39.6. The van der Waals surface area contributed by atoms with Crippen LogP contribution < -0.4 is 10.6 Å². The van der Waals surface area contributed by atoms with Crippen molar-refractivity contribution in [2.75, 3.05) is 0 Å². The zero-order valence-corrected chi connectivity index (χ0v) is 39.3. The Morgan fingerprint density at radius 2 is 1.05 bits per heavy atom. The van der Waals surface area contributed by atoms with Crippen LogP contribution in [-0.2, 0) is 0 Å². The Balaban J connectivity index is 0.670. The Labute approximate surface area is 373 Å². The third-order valence-corrected chi connectivity index (χ3v) is 24.3. The second kappa shape index (κ2) is 18.3. The molecule has 0 amide bonds. The van der Waals surface area contributed by atoms with E-state index in [1.807, 2.05) is 0 Å². The number of rotatable bonds is 6. The highest BCUT2D eigenvalue weighted by Crippen LogP contribution is 2.59. The van der Waals surface area contributed by atoms with Crippen LogP contribution in [0.15, 0.2) is 11.6 Å². The number of nitrogens with one attached hydrogen (secondary N) is 2. The fourth-order valence-electron chi connectivity index (χ4n) is 19.7. The Morgan fingerprint density at radius 3 is 1.90 bits per heavy atom. The number of allylic oxidation sites excluding steroid dienone is 1. The molecule has 0 aromatic rings. The molecule has 12 rings (SSSR count). The molecule has 11 fully saturated rings. The number of hydrogen-bond donors (Lipinski definition) is 2. The highest BCUT2D eigenvalue weighted by Gasteiger charge is 2.55. The predicted octanol–water partition coefficient (Wildman–Crippen LogP) is 13.9. The summed E-state index contributed by atoms with van der Waals surface area (Å²) in [6, 6.07) is 4.31. The standard InChI is InChI=1S/C56H91N3S/c1-2-12-38(13-3-1)55-47-20-4-7-21-50(47)57-56(58-55)43-16-10-14-39(32-43)40-15-11-17-44(33-40)59-51-22-8-5-18-45(51)48-34-41(28-30-52(48)59)36-24-26-37(27-25-36)42-29-31-54-49(35-42)46-19-6-9-23-53(46)60-54/h16,36-42,44-58H,1-15,17-35H2. The molecular formula is C56H91N3S. The van der Waals surface area contributed by atoms with Crippen LogP contribution in [0.4, 0.5) is 0 Å². The highest BCUT2D eigenvalue weighted by atomic mass is 32.2. The van der Waals surface area contributed by atoms with Gasteiger partial charge in [-0.25, -0.2) is 0 Å². The molecule has 0 aromatic heterocycles. The quantitative estimate of drug-likeness (QED) is 0.261. The van der Waals surface area contributed by atoms with Crippen LogP contribution in [0.3, 0.4) is 0 Å². The number of fused-ring (bicyclic) bond motifs is 7. The van der Waals surface area contributed by atoms with Gasteiger partial charge in [-0.1, -0.05) is 76.7 Å². The summed E-state index contributed by atoms with van der Waals surface area (Å²) in [6.45, 7) is 0. The van der Waals surface area contributed by atoms with Crippen LogP contribution in [0.1, 0.15) is 218 Å². The van der Waals surface area contributed by atoms with Gasteiger partial charge in [0.05, 0.1) is 6.17 Å². The first-order chi connectivity index (χ1) is 29.7. The van der Waals surface area contributed by atoms with Crippen molar-refractivity contribution < 1.29 is 0 Å². The van der Waals surface area contributed by atoms with Crippen LogP contribution in [-0.4, -0.2) is 51.8 Å². The van der Waals surface area contributed by atoms with Crippen molar-refractivity contribution >= 4 is 11.8 Å². The molecule has 0 spiro atoms. The predicted molar refractivity (Wildman–Crippen MR) is 253 cm³/mol. The van der Waals surface area contributed by atoms with Gasteiger partial charge in [0.25, 0.3) is 0 Å². The number of likely N-dealkylation sites (tertiary alicyclic amines) is 1. The van der Waals surface area contributed by atoms with E-state index in [1.165, 1.54) is 122 Å². The van der Waals surface area contributed by atoms with E-state index < -0.39 is 0 Å². The van der Waals surface area contributed by atoms with Crippen molar-refractivity contribution in [1.82, 2.24) is 15.5 Å². The zero-order valence-electron chi connectivity index (χ0n) is 38.5. The lowest BCUT2D eigenvalue weighted by molar-refractivity contribution is 0.0263. The molecule has 4 heteroatoms. The van der Waals surface area contributed by atoms with Crippen molar-refractivity contribution in [2.45, 2.75) is 265 Å². The van der Waals surface area contributed by atoms with Gasteiger partial charge >= 0.3 is 0 Å². The van der Waals surface area contributed by atoms with Crippen molar-refractivity contribution in [1.29, 1.82) is 0 Å². The first-order valence-corrected chi connectivity index (χ1v) is 29.3. The summed E-state index contributed by atoms with van der Waals surface area (Å²) in [6.07, 6.45) is 55.1. The average Bonchev–Trinajstić information content (AvgIpc) is 3.87. The fraction of sp³-hybridized carbons (Fsp3) is 0.964. The first kappa shape index (κ1) is 41.4. The summed E-state index contributed by atoms with van der Waals surface area (Å²) in [7, 11) is 0. The largest absolute Gasteiger partial charge is 0.295 e. The van der Waals surface area contributed by atoms with Crippen molar-refractivity contribution in [3.05, 3.63) is 11.6 Å². The van der Waals surface area contributed by atoms with Gasteiger partial charge in [0.2, 0.25) is 0 Å². The summed E-state index contributed by atoms with van der Waals surface area (Å²) in [5, 5.41) is 10.8. The van der Waals surface area contributed by atoms with Crippen molar-refractivity contribution in [3.8, 4) is 0 Å². The van der Waals surface area contributed by atoms with E-state index in [4.69, 9.17) is 0 Å². The Kier molecular flexibility index (Phi) is 12.7. The fourth-order valence-corrected chi connectivity index (χ4v) is 21.8. The molecule has 12 aliphatic rings. The highest BCUT2D eigenvalue weighted by molar-refractivity contribution is 8.00. The Hall–Kier alpha value is -0.0300. The second-order valence-electron chi connectivity index (χ2n) is 25.0. The van der Waals surface area contributed by atoms with Gasteiger partial charge in [0, 0.05) is 40.7 Å². The minimum absolute atomic E-state index is 0.460. The van der Waals surface area contributed by atoms with Gasteiger partial charge in [-0.15, -0.1) is 0 Å². The number of hydrogen-bond acceptors (Lipinski definition) is 4. The van der Waals surface area contributed by atoms with Gasteiger partial charge in [0.1, 0.15) is 0 Å². The third-order valence-electron chi connectivity index (χ3n) is 22.4. The SMILES string of the molecule is C1=C(C2NC3CCCCC3C(C3CCCCC3)N2)CC(C2CCCC(N3C4CCCCC4C4CC(C5CCC(C6CCC7SC8CCCCC8C7C6)CC5)CCC43)C2)CC1. The lowest BCUT2D eigenvalue weighted by Gasteiger charge is -2.51. The van der Waals surface area contributed by atoms with Gasteiger partial charge in [-0.3, -0.25) is 15.5 Å². The molecule has 0 aromatic carbocycles. The van der Waals surface area contributed by atoms with E-state index >= 15 is 0 Å². The lowest BCUT2D eigenvalue weighted by atomic mass is 9.61.